The first kappa shape index (κ1) is 18.7. The predicted octanol–water partition coefficient (Wildman–Crippen LogP) is 2.51. The Morgan fingerprint density at radius 3 is 2.59 bits per heavy atom. The summed E-state index contributed by atoms with van der Waals surface area (Å²) < 4.78 is 5.29. The lowest BCUT2D eigenvalue weighted by atomic mass is 10.0. The van der Waals surface area contributed by atoms with Crippen molar-refractivity contribution in [2.45, 2.75) is 26.4 Å². The van der Waals surface area contributed by atoms with E-state index in [1.165, 1.54) is 0 Å². The second kappa shape index (κ2) is 7.63. The number of carbonyl (C=O) groups excluding carboxylic acids is 1. The molecule has 1 atom stereocenters. The van der Waals surface area contributed by atoms with Crippen molar-refractivity contribution < 1.29 is 19.4 Å². The summed E-state index contributed by atoms with van der Waals surface area (Å²) in [4.78, 5) is 24.6. The van der Waals surface area contributed by atoms with Crippen molar-refractivity contribution in [2.24, 2.45) is 0 Å². The van der Waals surface area contributed by atoms with E-state index in [1.807, 2.05) is 6.07 Å². The molecule has 0 saturated heterocycles. The maximum absolute atomic E-state index is 12.3. The number of hydrogen-bond acceptors (Lipinski definition) is 5. The number of carbonyl (C=O) groups is 1. The number of benzene rings is 2. The van der Waals surface area contributed by atoms with Crippen molar-refractivity contribution in [3.8, 4) is 5.75 Å². The standard InChI is InChI=1S/C21H21NO5/c1-12-8-16(23)20-13(2)15(21(26)27-18(20)9-12)10-19(25)22-11-17(24)14-6-4-3-5-7-14/h3-9,17,23-24H,10-11H2,1-2H3,(H,22,25)/t17-/m0/s1. The molecule has 6 heteroatoms. The van der Waals surface area contributed by atoms with Gasteiger partial charge in [-0.3, -0.25) is 4.79 Å². The van der Waals surface area contributed by atoms with Gasteiger partial charge in [0.2, 0.25) is 5.91 Å². The van der Waals surface area contributed by atoms with Gasteiger partial charge in [-0.1, -0.05) is 30.3 Å². The summed E-state index contributed by atoms with van der Waals surface area (Å²) in [5.41, 5.74) is 1.84. The number of phenolic OH excluding ortho intramolecular Hbond substituents is 1. The van der Waals surface area contributed by atoms with Crippen LogP contribution in [-0.2, 0) is 11.2 Å². The van der Waals surface area contributed by atoms with E-state index in [-0.39, 0.29) is 24.3 Å². The molecule has 3 rings (SSSR count). The Labute approximate surface area is 156 Å². The number of aliphatic hydroxyl groups excluding tert-OH is 1. The second-order valence-corrected chi connectivity index (χ2v) is 6.56. The number of amides is 1. The Kier molecular flexibility index (Phi) is 5.28. The van der Waals surface area contributed by atoms with Gasteiger partial charge in [-0.05, 0) is 42.7 Å². The largest absolute Gasteiger partial charge is 0.507 e. The molecule has 27 heavy (non-hydrogen) atoms. The van der Waals surface area contributed by atoms with Crippen molar-refractivity contribution in [1.82, 2.24) is 5.32 Å². The van der Waals surface area contributed by atoms with Gasteiger partial charge in [-0.2, -0.15) is 0 Å². The van der Waals surface area contributed by atoms with Crippen LogP contribution in [0.2, 0.25) is 0 Å². The quantitative estimate of drug-likeness (QED) is 0.602. The molecule has 2 aromatic carbocycles. The third kappa shape index (κ3) is 4.01. The predicted molar refractivity (Wildman–Crippen MR) is 102 cm³/mol. The molecule has 1 amide bonds. The van der Waals surface area contributed by atoms with E-state index < -0.39 is 17.6 Å². The van der Waals surface area contributed by atoms with Crippen LogP contribution in [0.3, 0.4) is 0 Å². The number of phenols is 1. The molecule has 0 fully saturated rings. The van der Waals surface area contributed by atoms with Gasteiger partial charge in [0, 0.05) is 6.54 Å². The average Bonchev–Trinajstić information content (AvgIpc) is 2.63. The van der Waals surface area contributed by atoms with Crippen LogP contribution in [0.15, 0.2) is 51.7 Å². The van der Waals surface area contributed by atoms with Gasteiger partial charge in [0.05, 0.1) is 23.5 Å². The van der Waals surface area contributed by atoms with Crippen LogP contribution in [0.25, 0.3) is 11.0 Å². The molecule has 1 heterocycles. The molecule has 0 radical (unpaired) electrons. The molecule has 0 bridgehead atoms. The first-order valence-corrected chi connectivity index (χ1v) is 8.62. The van der Waals surface area contributed by atoms with Crippen molar-refractivity contribution in [3.63, 3.8) is 0 Å². The third-order valence-electron chi connectivity index (χ3n) is 4.52. The molecular formula is C21H21NO5. The van der Waals surface area contributed by atoms with Crippen molar-refractivity contribution in [1.29, 1.82) is 0 Å². The smallest absolute Gasteiger partial charge is 0.340 e. The van der Waals surface area contributed by atoms with Crippen molar-refractivity contribution in [3.05, 3.63) is 75.1 Å². The minimum absolute atomic E-state index is 0.00686. The molecule has 3 aromatic rings. The fraction of sp³-hybridized carbons (Fsp3) is 0.238. The fourth-order valence-electron chi connectivity index (χ4n) is 3.09. The van der Waals surface area contributed by atoms with Gasteiger partial charge in [0.25, 0.3) is 0 Å². The fourth-order valence-corrected chi connectivity index (χ4v) is 3.09. The first-order valence-electron chi connectivity index (χ1n) is 8.62. The highest BCUT2D eigenvalue weighted by Crippen LogP contribution is 2.29. The number of aliphatic hydroxyl groups is 1. The van der Waals surface area contributed by atoms with E-state index >= 15 is 0 Å². The zero-order valence-corrected chi connectivity index (χ0v) is 15.2. The Morgan fingerprint density at radius 2 is 1.89 bits per heavy atom. The van der Waals surface area contributed by atoms with Crippen LogP contribution in [0.1, 0.15) is 28.4 Å². The Balaban J connectivity index is 1.78. The summed E-state index contributed by atoms with van der Waals surface area (Å²) >= 11 is 0. The lowest BCUT2D eigenvalue weighted by Crippen LogP contribution is -2.31. The van der Waals surface area contributed by atoms with E-state index in [0.29, 0.717) is 22.1 Å². The number of fused-ring (bicyclic) bond motifs is 1. The van der Waals surface area contributed by atoms with E-state index in [2.05, 4.69) is 5.32 Å². The van der Waals surface area contributed by atoms with Gasteiger partial charge in [0.1, 0.15) is 11.3 Å². The van der Waals surface area contributed by atoms with Gasteiger partial charge in [0.15, 0.2) is 0 Å². The van der Waals surface area contributed by atoms with Gasteiger partial charge in [-0.15, -0.1) is 0 Å². The molecule has 0 spiro atoms. The number of aryl methyl sites for hydroxylation is 2. The van der Waals surface area contributed by atoms with Crippen LogP contribution in [0.5, 0.6) is 5.75 Å². The summed E-state index contributed by atoms with van der Waals surface area (Å²) in [7, 11) is 0. The molecule has 3 N–H and O–H groups in total. The highest BCUT2D eigenvalue weighted by Gasteiger charge is 2.18. The highest BCUT2D eigenvalue weighted by atomic mass is 16.4. The highest BCUT2D eigenvalue weighted by molar-refractivity contribution is 5.89. The SMILES string of the molecule is Cc1cc(O)c2c(C)c(CC(=O)NC[C@H](O)c3ccccc3)c(=O)oc2c1. The molecular weight excluding hydrogens is 346 g/mol. The second-order valence-electron chi connectivity index (χ2n) is 6.56. The Hall–Kier alpha value is -3.12. The summed E-state index contributed by atoms with van der Waals surface area (Å²) in [5, 5.41) is 23.4. The Bertz CT molecular complexity index is 1040. The van der Waals surface area contributed by atoms with Crippen molar-refractivity contribution >= 4 is 16.9 Å². The van der Waals surface area contributed by atoms with Crippen LogP contribution in [0.4, 0.5) is 0 Å². The molecule has 140 valence electrons. The molecule has 1 aromatic heterocycles. The topological polar surface area (TPSA) is 99.8 Å². The summed E-state index contributed by atoms with van der Waals surface area (Å²) in [6.07, 6.45) is -1.03. The van der Waals surface area contributed by atoms with Crippen molar-refractivity contribution in [2.75, 3.05) is 6.54 Å². The average molecular weight is 367 g/mol. The summed E-state index contributed by atoms with van der Waals surface area (Å²) in [5.74, 6) is -0.404. The van der Waals surface area contributed by atoms with Crippen LogP contribution in [0, 0.1) is 13.8 Å². The van der Waals surface area contributed by atoms with Crippen LogP contribution in [-0.4, -0.2) is 22.7 Å². The minimum atomic E-state index is -0.837. The molecule has 0 unspecified atom stereocenters. The van der Waals surface area contributed by atoms with Crippen LogP contribution >= 0.6 is 0 Å². The molecule has 0 aliphatic rings. The van der Waals surface area contributed by atoms with Gasteiger partial charge >= 0.3 is 5.63 Å². The molecule has 0 saturated carbocycles. The van der Waals surface area contributed by atoms with E-state index in [9.17, 15) is 19.8 Å². The van der Waals surface area contributed by atoms with Gasteiger partial charge in [-0.25, -0.2) is 4.79 Å². The van der Waals surface area contributed by atoms with E-state index in [1.54, 1.807) is 50.2 Å². The first-order chi connectivity index (χ1) is 12.9. The minimum Gasteiger partial charge on any atom is -0.507 e. The molecule has 0 aliphatic carbocycles. The lowest BCUT2D eigenvalue weighted by molar-refractivity contribution is -0.120. The lowest BCUT2D eigenvalue weighted by Gasteiger charge is -2.13. The van der Waals surface area contributed by atoms with E-state index in [0.717, 1.165) is 5.56 Å². The number of hydrogen-bond donors (Lipinski definition) is 3. The van der Waals surface area contributed by atoms with E-state index in [4.69, 9.17) is 4.42 Å². The Morgan fingerprint density at radius 1 is 1.19 bits per heavy atom. The molecule has 0 aliphatic heterocycles. The van der Waals surface area contributed by atoms with Gasteiger partial charge < -0.3 is 19.9 Å². The zero-order valence-electron chi connectivity index (χ0n) is 15.2. The number of aromatic hydroxyl groups is 1. The zero-order chi connectivity index (χ0) is 19.6. The molecule has 6 nitrogen and oxygen atoms in total. The third-order valence-corrected chi connectivity index (χ3v) is 4.52. The maximum Gasteiger partial charge on any atom is 0.340 e. The summed E-state index contributed by atoms with van der Waals surface area (Å²) in [6, 6.07) is 12.2. The normalized spacial score (nSPS) is 12.1. The summed E-state index contributed by atoms with van der Waals surface area (Å²) in [6.45, 7) is 3.49. The number of nitrogens with one attached hydrogen (secondary N) is 1. The maximum atomic E-state index is 12.3. The number of rotatable bonds is 5. The monoisotopic (exact) mass is 367 g/mol. The van der Waals surface area contributed by atoms with Crippen LogP contribution < -0.4 is 10.9 Å².